The Morgan fingerprint density at radius 1 is 0.267 bits per heavy atom. The number of aryl methyl sites for hydroxylation is 1. The van der Waals surface area contributed by atoms with E-state index in [1.54, 1.807) is 0 Å². The molecule has 0 unspecified atom stereocenters. The average Bonchev–Trinajstić information content (AvgIpc) is 3.10. The van der Waals surface area contributed by atoms with Crippen molar-refractivity contribution in [2.45, 2.75) is 6.92 Å². The van der Waals surface area contributed by atoms with Crippen LogP contribution in [-0.2, 0) is 0 Å². The molecule has 0 fully saturated rings. The maximum Gasteiger partial charge on any atom is -0.00201 e. The SMILES string of the molecule is Cc1ccc(-c2ccc(-c3c4ccccc4c(-c4cccc5c4ccc4ccccc45)c4ccccc34)c3ccccc23)cc1. The first-order valence-corrected chi connectivity index (χ1v) is 15.7. The fraction of sp³-hybridized carbons (Fsp3) is 0.0222. The van der Waals surface area contributed by atoms with Crippen LogP contribution >= 0.6 is 0 Å². The van der Waals surface area contributed by atoms with Crippen molar-refractivity contribution >= 4 is 53.9 Å². The molecule has 45 heavy (non-hydrogen) atoms. The van der Waals surface area contributed by atoms with E-state index in [1.807, 2.05) is 0 Å². The van der Waals surface area contributed by atoms with Crippen molar-refractivity contribution in [3.8, 4) is 33.4 Å². The molecule has 0 N–H and O–H groups in total. The molecule has 0 aliphatic heterocycles. The van der Waals surface area contributed by atoms with Crippen LogP contribution in [0.4, 0.5) is 0 Å². The summed E-state index contributed by atoms with van der Waals surface area (Å²) < 4.78 is 0. The van der Waals surface area contributed by atoms with Crippen LogP contribution in [-0.4, -0.2) is 0 Å². The van der Waals surface area contributed by atoms with Gasteiger partial charge in [0.2, 0.25) is 0 Å². The maximum atomic E-state index is 2.34. The minimum atomic E-state index is 1.25. The van der Waals surface area contributed by atoms with E-state index in [0.717, 1.165) is 0 Å². The van der Waals surface area contributed by atoms with Gasteiger partial charge in [-0.3, -0.25) is 0 Å². The third-order valence-corrected chi connectivity index (χ3v) is 9.54. The zero-order valence-corrected chi connectivity index (χ0v) is 25.1. The molecule has 0 aliphatic carbocycles. The van der Waals surface area contributed by atoms with Crippen molar-refractivity contribution in [3.63, 3.8) is 0 Å². The first kappa shape index (κ1) is 25.7. The van der Waals surface area contributed by atoms with E-state index < -0.39 is 0 Å². The molecule has 0 nitrogen and oxygen atoms in total. The molecule has 0 radical (unpaired) electrons. The lowest BCUT2D eigenvalue weighted by Crippen LogP contribution is -1.93. The molecule has 9 aromatic rings. The molecule has 0 heteroatoms. The summed E-state index contributed by atoms with van der Waals surface area (Å²) in [5.41, 5.74) is 8.92. The molecule has 0 aromatic heterocycles. The first-order valence-electron chi connectivity index (χ1n) is 15.7. The quantitative estimate of drug-likeness (QED) is 0.146. The van der Waals surface area contributed by atoms with Crippen LogP contribution in [0, 0.1) is 6.92 Å². The van der Waals surface area contributed by atoms with Crippen LogP contribution in [0.15, 0.2) is 164 Å². The Labute approximate surface area is 262 Å². The zero-order valence-electron chi connectivity index (χ0n) is 25.1. The molecule has 0 bridgehead atoms. The predicted octanol–water partition coefficient (Wildman–Crippen LogP) is 12.8. The number of benzene rings is 9. The minimum absolute atomic E-state index is 1.25. The molecule has 0 atom stereocenters. The molecule has 0 heterocycles. The topological polar surface area (TPSA) is 0 Å². The Morgan fingerprint density at radius 2 is 0.711 bits per heavy atom. The summed E-state index contributed by atoms with van der Waals surface area (Å²) >= 11 is 0. The Kier molecular flexibility index (Phi) is 5.83. The Hall–Kier alpha value is -5.72. The number of hydrogen-bond donors (Lipinski definition) is 0. The minimum Gasteiger partial charge on any atom is -0.0616 e. The highest BCUT2D eigenvalue weighted by atomic mass is 14.2. The lowest BCUT2D eigenvalue weighted by Gasteiger charge is -2.20. The van der Waals surface area contributed by atoms with E-state index in [4.69, 9.17) is 0 Å². The predicted molar refractivity (Wildman–Crippen MR) is 195 cm³/mol. The molecule has 0 saturated carbocycles. The third kappa shape index (κ3) is 4.00. The average molecular weight is 571 g/mol. The smallest absolute Gasteiger partial charge is 0.00201 e. The molecule has 0 saturated heterocycles. The fourth-order valence-corrected chi connectivity index (χ4v) is 7.47. The van der Waals surface area contributed by atoms with Crippen LogP contribution in [0.5, 0.6) is 0 Å². The normalized spacial score (nSPS) is 11.7. The lowest BCUT2D eigenvalue weighted by atomic mass is 9.83. The zero-order chi connectivity index (χ0) is 29.9. The highest BCUT2D eigenvalue weighted by Crippen LogP contribution is 2.47. The highest BCUT2D eigenvalue weighted by molar-refractivity contribution is 6.26. The summed E-state index contributed by atoms with van der Waals surface area (Å²) in [6.45, 7) is 2.14. The van der Waals surface area contributed by atoms with Gasteiger partial charge >= 0.3 is 0 Å². The molecule has 9 rings (SSSR count). The van der Waals surface area contributed by atoms with Crippen molar-refractivity contribution in [2.75, 3.05) is 0 Å². The Bertz CT molecular complexity index is 2530. The summed E-state index contributed by atoms with van der Waals surface area (Å²) in [4.78, 5) is 0. The van der Waals surface area contributed by atoms with Gasteiger partial charge in [-0.05, 0) is 94.2 Å². The van der Waals surface area contributed by atoms with Gasteiger partial charge < -0.3 is 0 Å². The summed E-state index contributed by atoms with van der Waals surface area (Å²) in [6, 6.07) is 60.5. The molecule has 9 aromatic carbocycles. The standard InChI is InChI=1S/C45H30/c1-29-21-23-31(24-22-29)33-27-28-43(36-14-5-4-13-34(33)36)45-41-17-8-6-15-39(41)44(40-16-7-9-18-42(40)45)38-20-10-19-35-32-12-3-2-11-30(32)25-26-37(35)38/h2-28H,1H3. The van der Waals surface area contributed by atoms with Crippen LogP contribution in [0.2, 0.25) is 0 Å². The second-order valence-corrected chi connectivity index (χ2v) is 12.1. The summed E-state index contributed by atoms with van der Waals surface area (Å²) in [5.74, 6) is 0. The molecule has 0 amide bonds. The van der Waals surface area contributed by atoms with Crippen LogP contribution in [0.25, 0.3) is 87.2 Å². The van der Waals surface area contributed by atoms with E-state index in [2.05, 4.69) is 171 Å². The van der Waals surface area contributed by atoms with E-state index in [1.165, 1.54) is 92.8 Å². The van der Waals surface area contributed by atoms with Crippen LogP contribution < -0.4 is 0 Å². The van der Waals surface area contributed by atoms with Crippen molar-refractivity contribution in [1.82, 2.24) is 0 Å². The van der Waals surface area contributed by atoms with Gasteiger partial charge in [0.1, 0.15) is 0 Å². The van der Waals surface area contributed by atoms with E-state index in [9.17, 15) is 0 Å². The second kappa shape index (κ2) is 10.2. The van der Waals surface area contributed by atoms with E-state index in [-0.39, 0.29) is 0 Å². The van der Waals surface area contributed by atoms with Gasteiger partial charge in [0.25, 0.3) is 0 Å². The van der Waals surface area contributed by atoms with Crippen molar-refractivity contribution in [1.29, 1.82) is 0 Å². The molecular weight excluding hydrogens is 540 g/mol. The first-order chi connectivity index (χ1) is 22.3. The van der Waals surface area contributed by atoms with Gasteiger partial charge in [0, 0.05) is 0 Å². The van der Waals surface area contributed by atoms with Crippen LogP contribution in [0.1, 0.15) is 5.56 Å². The van der Waals surface area contributed by atoms with Crippen LogP contribution in [0.3, 0.4) is 0 Å². The van der Waals surface area contributed by atoms with Gasteiger partial charge in [0.15, 0.2) is 0 Å². The number of hydrogen-bond acceptors (Lipinski definition) is 0. The van der Waals surface area contributed by atoms with Gasteiger partial charge in [-0.25, -0.2) is 0 Å². The molecule has 0 aliphatic rings. The monoisotopic (exact) mass is 570 g/mol. The van der Waals surface area contributed by atoms with Gasteiger partial charge in [0.05, 0.1) is 0 Å². The maximum absolute atomic E-state index is 2.34. The third-order valence-electron chi connectivity index (χ3n) is 9.54. The largest absolute Gasteiger partial charge is 0.0616 e. The van der Waals surface area contributed by atoms with Crippen molar-refractivity contribution in [2.24, 2.45) is 0 Å². The molecular formula is C45H30. The van der Waals surface area contributed by atoms with E-state index in [0.29, 0.717) is 0 Å². The number of rotatable bonds is 3. The molecule has 210 valence electrons. The Morgan fingerprint density at radius 3 is 1.33 bits per heavy atom. The number of fused-ring (bicyclic) bond motifs is 6. The van der Waals surface area contributed by atoms with Gasteiger partial charge in [-0.15, -0.1) is 0 Å². The van der Waals surface area contributed by atoms with Gasteiger partial charge in [-0.2, -0.15) is 0 Å². The second-order valence-electron chi connectivity index (χ2n) is 12.1. The summed E-state index contributed by atoms with van der Waals surface area (Å²) in [6.07, 6.45) is 0. The van der Waals surface area contributed by atoms with Gasteiger partial charge in [-0.1, -0.05) is 169 Å². The van der Waals surface area contributed by atoms with E-state index >= 15 is 0 Å². The Balaban J connectivity index is 1.39. The van der Waals surface area contributed by atoms with Crippen molar-refractivity contribution in [3.05, 3.63) is 169 Å². The summed E-state index contributed by atoms with van der Waals surface area (Å²) in [7, 11) is 0. The molecule has 0 spiro atoms. The van der Waals surface area contributed by atoms with Crippen molar-refractivity contribution < 1.29 is 0 Å². The lowest BCUT2D eigenvalue weighted by molar-refractivity contribution is 1.47. The highest BCUT2D eigenvalue weighted by Gasteiger charge is 2.20. The fourth-order valence-electron chi connectivity index (χ4n) is 7.47. The summed E-state index contributed by atoms with van der Waals surface area (Å²) in [5, 5.41) is 12.8.